The summed E-state index contributed by atoms with van der Waals surface area (Å²) in [6, 6.07) is 0.562. The summed E-state index contributed by atoms with van der Waals surface area (Å²) in [6.45, 7) is 11.0. The molecule has 0 saturated heterocycles. The Morgan fingerprint density at radius 2 is 2.00 bits per heavy atom. The van der Waals surface area contributed by atoms with Gasteiger partial charge in [-0.1, -0.05) is 13.8 Å². The van der Waals surface area contributed by atoms with Crippen molar-refractivity contribution in [3.63, 3.8) is 0 Å². The summed E-state index contributed by atoms with van der Waals surface area (Å²) in [5, 5.41) is 3.57. The number of hydrogen-bond donors (Lipinski definition) is 1. The molecule has 1 fully saturated rings. The zero-order valence-corrected chi connectivity index (χ0v) is 12.7. The average Bonchev–Trinajstić information content (AvgIpc) is 2.30. The van der Waals surface area contributed by atoms with Gasteiger partial charge in [-0.15, -0.1) is 0 Å². The molecule has 0 spiro atoms. The van der Waals surface area contributed by atoms with Crippen LogP contribution in [0, 0.1) is 5.41 Å². The van der Waals surface area contributed by atoms with E-state index in [4.69, 9.17) is 9.47 Å². The zero-order valence-electron chi connectivity index (χ0n) is 12.7. The van der Waals surface area contributed by atoms with Gasteiger partial charge >= 0.3 is 0 Å². The largest absolute Gasteiger partial charge is 0.379 e. The molecule has 0 amide bonds. The first-order chi connectivity index (χ1) is 8.48. The van der Waals surface area contributed by atoms with Crippen LogP contribution in [0.15, 0.2) is 0 Å². The van der Waals surface area contributed by atoms with Crippen LogP contribution in [0.4, 0.5) is 0 Å². The van der Waals surface area contributed by atoms with Gasteiger partial charge in [0.15, 0.2) is 0 Å². The molecule has 4 heteroatoms. The molecule has 0 radical (unpaired) electrons. The summed E-state index contributed by atoms with van der Waals surface area (Å²) in [5.41, 5.74) is 0.250. The summed E-state index contributed by atoms with van der Waals surface area (Å²) in [4.78, 5) is 2.13. The molecule has 1 N–H and O–H groups in total. The highest BCUT2D eigenvalue weighted by molar-refractivity contribution is 5.02. The molecule has 4 nitrogen and oxygen atoms in total. The van der Waals surface area contributed by atoms with Crippen LogP contribution in [-0.4, -0.2) is 64.1 Å². The van der Waals surface area contributed by atoms with Crippen molar-refractivity contribution in [2.75, 3.05) is 47.0 Å². The van der Waals surface area contributed by atoms with E-state index < -0.39 is 0 Å². The predicted octanol–water partition coefficient (Wildman–Crippen LogP) is 1.36. The fraction of sp³-hybridized carbons (Fsp3) is 1.00. The Balaban J connectivity index is 2.04. The summed E-state index contributed by atoms with van der Waals surface area (Å²) < 4.78 is 11.3. The van der Waals surface area contributed by atoms with E-state index in [9.17, 15) is 0 Å². The van der Waals surface area contributed by atoms with Crippen molar-refractivity contribution in [3.05, 3.63) is 0 Å². The van der Waals surface area contributed by atoms with Gasteiger partial charge in [-0.25, -0.2) is 0 Å². The molecule has 1 saturated carbocycles. The van der Waals surface area contributed by atoms with Crippen molar-refractivity contribution in [2.45, 2.75) is 39.3 Å². The molecule has 0 aliphatic heterocycles. The van der Waals surface area contributed by atoms with Crippen molar-refractivity contribution >= 4 is 0 Å². The lowest BCUT2D eigenvalue weighted by Gasteiger charge is -2.52. The van der Waals surface area contributed by atoms with Crippen LogP contribution >= 0.6 is 0 Å². The van der Waals surface area contributed by atoms with Gasteiger partial charge < -0.3 is 19.7 Å². The van der Waals surface area contributed by atoms with Gasteiger partial charge in [0.1, 0.15) is 0 Å². The second-order valence-corrected chi connectivity index (χ2v) is 5.92. The van der Waals surface area contributed by atoms with Gasteiger partial charge in [-0.05, 0) is 27.4 Å². The van der Waals surface area contributed by atoms with Crippen molar-refractivity contribution in [2.24, 2.45) is 5.41 Å². The van der Waals surface area contributed by atoms with Crippen LogP contribution in [-0.2, 0) is 9.47 Å². The van der Waals surface area contributed by atoms with E-state index in [0.717, 1.165) is 39.3 Å². The van der Waals surface area contributed by atoms with Gasteiger partial charge in [0, 0.05) is 31.2 Å². The summed E-state index contributed by atoms with van der Waals surface area (Å²) in [5.74, 6) is 0. The first-order valence-electron chi connectivity index (χ1n) is 7.06. The molecule has 2 atom stereocenters. The minimum absolute atomic E-state index is 0.250. The van der Waals surface area contributed by atoms with Crippen molar-refractivity contribution in [1.82, 2.24) is 10.2 Å². The molecule has 1 aliphatic rings. The van der Waals surface area contributed by atoms with Crippen molar-refractivity contribution in [1.29, 1.82) is 0 Å². The first kappa shape index (κ1) is 15.9. The van der Waals surface area contributed by atoms with E-state index in [2.05, 4.69) is 45.1 Å². The number of hydrogen-bond acceptors (Lipinski definition) is 4. The van der Waals surface area contributed by atoms with E-state index in [0.29, 0.717) is 12.1 Å². The first-order valence-corrected chi connectivity index (χ1v) is 7.06. The number of nitrogens with zero attached hydrogens (tertiary/aromatic N) is 1. The SMILES string of the molecule is CCOC1CC(NCCOCCN(C)C)C1(C)C. The summed E-state index contributed by atoms with van der Waals surface area (Å²) in [6.07, 6.45) is 1.54. The quantitative estimate of drug-likeness (QED) is 0.633. The molecule has 1 aliphatic carbocycles. The standard InChI is InChI=1S/C14H30N2O2/c1-6-18-13-11-12(14(13,2)3)15-7-9-17-10-8-16(4)5/h12-13,15H,6-11H2,1-5H3. The molecular formula is C14H30N2O2. The molecule has 108 valence electrons. The minimum atomic E-state index is 0.250. The smallest absolute Gasteiger partial charge is 0.0655 e. The maximum Gasteiger partial charge on any atom is 0.0655 e. The van der Waals surface area contributed by atoms with Crippen LogP contribution < -0.4 is 5.32 Å². The van der Waals surface area contributed by atoms with Gasteiger partial charge in [0.05, 0.1) is 19.3 Å². The van der Waals surface area contributed by atoms with E-state index in [1.54, 1.807) is 0 Å². The van der Waals surface area contributed by atoms with Gasteiger partial charge in [-0.2, -0.15) is 0 Å². The third kappa shape index (κ3) is 4.50. The van der Waals surface area contributed by atoms with Crippen LogP contribution in [0.3, 0.4) is 0 Å². The molecule has 0 heterocycles. The van der Waals surface area contributed by atoms with Gasteiger partial charge in [0.2, 0.25) is 0 Å². The lowest BCUT2D eigenvalue weighted by Crippen LogP contribution is -2.61. The van der Waals surface area contributed by atoms with E-state index in [-0.39, 0.29) is 5.41 Å². The maximum absolute atomic E-state index is 5.72. The van der Waals surface area contributed by atoms with Crippen molar-refractivity contribution in [3.8, 4) is 0 Å². The third-order valence-electron chi connectivity index (χ3n) is 3.87. The zero-order chi connectivity index (χ0) is 13.6. The molecule has 0 aromatic carbocycles. The number of ether oxygens (including phenoxy) is 2. The fourth-order valence-corrected chi connectivity index (χ4v) is 2.37. The lowest BCUT2D eigenvalue weighted by molar-refractivity contribution is -0.114. The highest BCUT2D eigenvalue weighted by atomic mass is 16.5. The lowest BCUT2D eigenvalue weighted by atomic mass is 9.64. The predicted molar refractivity (Wildman–Crippen MR) is 75.0 cm³/mol. The monoisotopic (exact) mass is 258 g/mol. The molecular weight excluding hydrogens is 228 g/mol. The molecule has 2 unspecified atom stereocenters. The van der Waals surface area contributed by atoms with E-state index >= 15 is 0 Å². The Morgan fingerprint density at radius 1 is 1.28 bits per heavy atom. The summed E-state index contributed by atoms with van der Waals surface area (Å²) >= 11 is 0. The van der Waals surface area contributed by atoms with Crippen molar-refractivity contribution < 1.29 is 9.47 Å². The van der Waals surface area contributed by atoms with Crippen LogP contribution in [0.1, 0.15) is 27.2 Å². The van der Waals surface area contributed by atoms with Gasteiger partial charge in [-0.3, -0.25) is 0 Å². The second-order valence-electron chi connectivity index (χ2n) is 5.92. The van der Waals surface area contributed by atoms with E-state index in [1.165, 1.54) is 0 Å². The topological polar surface area (TPSA) is 33.7 Å². The molecule has 0 aromatic heterocycles. The Kier molecular flexibility index (Phi) is 6.57. The highest BCUT2D eigenvalue weighted by Crippen LogP contribution is 2.42. The van der Waals surface area contributed by atoms with Crippen LogP contribution in [0.25, 0.3) is 0 Å². The summed E-state index contributed by atoms with van der Waals surface area (Å²) in [7, 11) is 4.12. The minimum Gasteiger partial charge on any atom is -0.379 e. The Bertz CT molecular complexity index is 232. The van der Waals surface area contributed by atoms with Crippen LogP contribution in [0.2, 0.25) is 0 Å². The Hall–Kier alpha value is -0.160. The number of nitrogens with one attached hydrogen (secondary N) is 1. The third-order valence-corrected chi connectivity index (χ3v) is 3.87. The second kappa shape index (κ2) is 7.43. The van der Waals surface area contributed by atoms with Gasteiger partial charge in [0.25, 0.3) is 0 Å². The van der Waals surface area contributed by atoms with Crippen LogP contribution in [0.5, 0.6) is 0 Å². The molecule has 1 rings (SSSR count). The maximum atomic E-state index is 5.72. The molecule has 18 heavy (non-hydrogen) atoms. The Morgan fingerprint density at radius 3 is 2.56 bits per heavy atom. The fourth-order valence-electron chi connectivity index (χ4n) is 2.37. The Labute approximate surface area is 112 Å². The van der Waals surface area contributed by atoms with E-state index in [1.807, 2.05) is 0 Å². The normalized spacial score (nSPS) is 26.3. The molecule has 0 bridgehead atoms. The molecule has 0 aromatic rings. The number of rotatable bonds is 9. The number of likely N-dealkylation sites (N-methyl/N-ethyl adjacent to an activating group) is 1. The highest BCUT2D eigenvalue weighted by Gasteiger charge is 2.48. The average molecular weight is 258 g/mol.